The standard InChI is InChI=1S/C13H18N2O2/c1-3-8-6-11(8)15-12-7-9(13(16)17)5-10(4-2)14-12/h5,7-8,11H,3-4,6H2,1-2H3,(H,14,15)(H,16,17). The van der Waals surface area contributed by atoms with E-state index in [-0.39, 0.29) is 0 Å². The Labute approximate surface area is 101 Å². The van der Waals surface area contributed by atoms with Crippen molar-refractivity contribution in [1.82, 2.24) is 4.98 Å². The van der Waals surface area contributed by atoms with E-state index in [1.807, 2.05) is 6.92 Å². The van der Waals surface area contributed by atoms with Crippen molar-refractivity contribution in [3.05, 3.63) is 23.4 Å². The van der Waals surface area contributed by atoms with Gasteiger partial charge >= 0.3 is 5.97 Å². The Morgan fingerprint density at radius 1 is 1.53 bits per heavy atom. The van der Waals surface area contributed by atoms with Gasteiger partial charge in [0.15, 0.2) is 0 Å². The normalized spacial score (nSPS) is 22.2. The number of nitrogens with zero attached hydrogens (tertiary/aromatic N) is 1. The molecule has 0 saturated heterocycles. The van der Waals surface area contributed by atoms with Crippen molar-refractivity contribution in [2.45, 2.75) is 39.2 Å². The van der Waals surface area contributed by atoms with Gasteiger partial charge in [0.2, 0.25) is 0 Å². The van der Waals surface area contributed by atoms with E-state index >= 15 is 0 Å². The third-order valence-corrected chi connectivity index (χ3v) is 3.27. The highest BCUT2D eigenvalue weighted by Crippen LogP contribution is 2.35. The average molecular weight is 234 g/mol. The van der Waals surface area contributed by atoms with Gasteiger partial charge in [-0.3, -0.25) is 0 Å². The van der Waals surface area contributed by atoms with Crippen molar-refractivity contribution in [3.63, 3.8) is 0 Å². The van der Waals surface area contributed by atoms with E-state index in [1.165, 1.54) is 0 Å². The first-order chi connectivity index (χ1) is 8.13. The van der Waals surface area contributed by atoms with Crippen molar-refractivity contribution in [3.8, 4) is 0 Å². The van der Waals surface area contributed by atoms with Crippen molar-refractivity contribution >= 4 is 11.8 Å². The van der Waals surface area contributed by atoms with Crippen LogP contribution in [0.4, 0.5) is 5.82 Å². The SMILES string of the molecule is CCc1cc(C(=O)O)cc(NC2CC2CC)n1. The molecule has 0 spiro atoms. The number of aromatic nitrogens is 1. The van der Waals surface area contributed by atoms with Crippen molar-refractivity contribution in [1.29, 1.82) is 0 Å². The Morgan fingerprint density at radius 2 is 2.29 bits per heavy atom. The molecular formula is C13H18N2O2. The Morgan fingerprint density at radius 3 is 2.82 bits per heavy atom. The molecule has 0 aromatic carbocycles. The molecule has 0 amide bonds. The number of anilines is 1. The fraction of sp³-hybridized carbons (Fsp3) is 0.538. The Bertz CT molecular complexity index is 431. The maximum atomic E-state index is 11.0. The van der Waals surface area contributed by atoms with Gasteiger partial charge in [0.1, 0.15) is 5.82 Å². The number of aryl methyl sites for hydroxylation is 1. The topological polar surface area (TPSA) is 62.2 Å². The highest BCUT2D eigenvalue weighted by molar-refractivity contribution is 5.88. The van der Waals surface area contributed by atoms with Crippen LogP contribution in [0.5, 0.6) is 0 Å². The summed E-state index contributed by atoms with van der Waals surface area (Å²) < 4.78 is 0. The number of hydrogen-bond acceptors (Lipinski definition) is 3. The van der Waals surface area contributed by atoms with E-state index in [1.54, 1.807) is 12.1 Å². The molecule has 2 atom stereocenters. The number of carboxylic acid groups (broad SMARTS) is 1. The molecule has 2 unspecified atom stereocenters. The fourth-order valence-electron chi connectivity index (χ4n) is 2.03. The second kappa shape index (κ2) is 4.73. The fourth-order valence-corrected chi connectivity index (χ4v) is 2.03. The van der Waals surface area contributed by atoms with Gasteiger partial charge < -0.3 is 10.4 Å². The smallest absolute Gasteiger partial charge is 0.335 e. The van der Waals surface area contributed by atoms with Crippen LogP contribution in [0.3, 0.4) is 0 Å². The zero-order valence-electron chi connectivity index (χ0n) is 10.2. The van der Waals surface area contributed by atoms with Gasteiger partial charge in [0, 0.05) is 11.7 Å². The maximum Gasteiger partial charge on any atom is 0.335 e. The first kappa shape index (κ1) is 11.9. The van der Waals surface area contributed by atoms with Gasteiger partial charge in [-0.2, -0.15) is 0 Å². The second-order valence-corrected chi connectivity index (χ2v) is 4.55. The van der Waals surface area contributed by atoms with E-state index < -0.39 is 5.97 Å². The predicted molar refractivity (Wildman–Crippen MR) is 66.4 cm³/mol. The molecule has 1 aliphatic carbocycles. The molecule has 92 valence electrons. The van der Waals surface area contributed by atoms with Crippen LogP contribution in [-0.4, -0.2) is 22.1 Å². The summed E-state index contributed by atoms with van der Waals surface area (Å²) in [6, 6.07) is 3.73. The molecular weight excluding hydrogens is 216 g/mol. The number of pyridine rings is 1. The van der Waals surface area contributed by atoms with Gasteiger partial charge in [-0.15, -0.1) is 0 Å². The highest BCUT2D eigenvalue weighted by atomic mass is 16.4. The predicted octanol–water partition coefficient (Wildman–Crippen LogP) is 2.55. The van der Waals surface area contributed by atoms with Crippen LogP contribution in [-0.2, 0) is 6.42 Å². The quantitative estimate of drug-likeness (QED) is 0.822. The first-order valence-corrected chi connectivity index (χ1v) is 6.14. The molecule has 17 heavy (non-hydrogen) atoms. The molecule has 4 nitrogen and oxygen atoms in total. The van der Waals surface area contributed by atoms with Crippen LogP contribution >= 0.6 is 0 Å². The van der Waals surface area contributed by atoms with Gasteiger partial charge in [-0.05, 0) is 30.9 Å². The third kappa shape index (κ3) is 2.75. The molecule has 1 heterocycles. The molecule has 2 rings (SSSR count). The molecule has 0 bridgehead atoms. The van der Waals surface area contributed by atoms with Crippen LogP contribution in [0.25, 0.3) is 0 Å². The minimum atomic E-state index is -0.895. The highest BCUT2D eigenvalue weighted by Gasteiger charge is 2.35. The molecule has 0 aliphatic heterocycles. The van der Waals surface area contributed by atoms with E-state index in [0.29, 0.717) is 17.4 Å². The summed E-state index contributed by atoms with van der Waals surface area (Å²) in [6.07, 6.45) is 3.07. The monoisotopic (exact) mass is 234 g/mol. The number of rotatable bonds is 5. The lowest BCUT2D eigenvalue weighted by atomic mass is 10.2. The largest absolute Gasteiger partial charge is 0.478 e. The number of hydrogen-bond donors (Lipinski definition) is 2. The molecule has 1 aromatic heterocycles. The average Bonchev–Trinajstić information content (AvgIpc) is 3.06. The molecule has 1 aromatic rings. The number of aromatic carboxylic acids is 1. The second-order valence-electron chi connectivity index (χ2n) is 4.55. The van der Waals surface area contributed by atoms with Crippen LogP contribution in [0, 0.1) is 5.92 Å². The lowest BCUT2D eigenvalue weighted by Gasteiger charge is -2.08. The Balaban J connectivity index is 2.15. The van der Waals surface area contributed by atoms with Crippen molar-refractivity contribution < 1.29 is 9.90 Å². The van der Waals surface area contributed by atoms with Crippen LogP contribution in [0.15, 0.2) is 12.1 Å². The van der Waals surface area contributed by atoms with Crippen molar-refractivity contribution in [2.24, 2.45) is 5.92 Å². The van der Waals surface area contributed by atoms with E-state index in [9.17, 15) is 4.79 Å². The number of carboxylic acids is 1. The van der Waals surface area contributed by atoms with Crippen LogP contribution in [0.2, 0.25) is 0 Å². The van der Waals surface area contributed by atoms with Crippen molar-refractivity contribution in [2.75, 3.05) is 5.32 Å². The lowest BCUT2D eigenvalue weighted by molar-refractivity contribution is 0.0696. The minimum absolute atomic E-state index is 0.313. The molecule has 1 aliphatic rings. The summed E-state index contributed by atoms with van der Waals surface area (Å²) in [4.78, 5) is 15.4. The molecule has 0 radical (unpaired) electrons. The van der Waals surface area contributed by atoms with Gasteiger partial charge in [0.05, 0.1) is 5.56 Å². The third-order valence-electron chi connectivity index (χ3n) is 3.27. The summed E-state index contributed by atoms with van der Waals surface area (Å²) in [5.74, 6) is 0.519. The molecule has 1 saturated carbocycles. The summed E-state index contributed by atoms with van der Waals surface area (Å²) in [7, 11) is 0. The summed E-state index contributed by atoms with van der Waals surface area (Å²) >= 11 is 0. The van der Waals surface area contributed by atoms with E-state index in [4.69, 9.17) is 5.11 Å². The van der Waals surface area contributed by atoms with E-state index in [2.05, 4.69) is 17.2 Å². The van der Waals surface area contributed by atoms with Gasteiger partial charge in [-0.1, -0.05) is 20.3 Å². The summed E-state index contributed by atoms with van der Waals surface area (Å²) in [6.45, 7) is 4.15. The Hall–Kier alpha value is -1.58. The molecule has 4 heteroatoms. The van der Waals surface area contributed by atoms with E-state index in [0.717, 1.165) is 30.9 Å². The molecule has 2 N–H and O–H groups in total. The summed E-state index contributed by atoms with van der Waals surface area (Å²) in [5, 5.41) is 12.3. The van der Waals surface area contributed by atoms with Crippen LogP contribution < -0.4 is 5.32 Å². The van der Waals surface area contributed by atoms with Crippen LogP contribution in [0.1, 0.15) is 42.7 Å². The molecule has 1 fully saturated rings. The summed E-state index contributed by atoms with van der Waals surface area (Å²) in [5.41, 5.74) is 1.13. The minimum Gasteiger partial charge on any atom is -0.478 e. The Kier molecular flexibility index (Phi) is 3.31. The maximum absolute atomic E-state index is 11.0. The zero-order valence-corrected chi connectivity index (χ0v) is 10.2. The number of nitrogens with one attached hydrogen (secondary N) is 1. The van der Waals surface area contributed by atoms with Gasteiger partial charge in [0.25, 0.3) is 0 Å². The lowest BCUT2D eigenvalue weighted by Crippen LogP contribution is -2.09. The van der Waals surface area contributed by atoms with Gasteiger partial charge in [-0.25, -0.2) is 9.78 Å². The number of carbonyl (C=O) groups is 1. The first-order valence-electron chi connectivity index (χ1n) is 6.14. The zero-order chi connectivity index (χ0) is 12.4.